The Morgan fingerprint density at radius 3 is 2.61 bits per heavy atom. The van der Waals surface area contributed by atoms with Gasteiger partial charge in [-0.2, -0.15) is 13.2 Å². The molecule has 4 rings (SSSR count). The lowest BCUT2D eigenvalue weighted by Gasteiger charge is -2.28. The summed E-state index contributed by atoms with van der Waals surface area (Å²) >= 11 is 7.55. The minimum atomic E-state index is -4.55. The highest BCUT2D eigenvalue weighted by molar-refractivity contribution is 8.14. The molecule has 0 spiro atoms. The number of thioether (sulfide) groups is 1. The third-order valence-corrected chi connectivity index (χ3v) is 7.92. The van der Waals surface area contributed by atoms with E-state index in [-0.39, 0.29) is 22.2 Å². The number of anilines is 1. The van der Waals surface area contributed by atoms with Crippen molar-refractivity contribution in [1.82, 2.24) is 0 Å². The Hall–Kier alpha value is -1.91. The summed E-state index contributed by atoms with van der Waals surface area (Å²) in [5.41, 5.74) is -0.746. The summed E-state index contributed by atoms with van der Waals surface area (Å²) in [7, 11) is -3.33. The average molecular weight is 491 g/mol. The van der Waals surface area contributed by atoms with Crippen LogP contribution >= 0.6 is 23.4 Å². The second-order valence-corrected chi connectivity index (χ2v) is 10.8. The molecule has 2 aromatic carbocycles. The lowest BCUT2D eigenvalue weighted by Crippen LogP contribution is -2.39. The summed E-state index contributed by atoms with van der Waals surface area (Å²) in [5.74, 6) is 0.873. The van der Waals surface area contributed by atoms with Crippen LogP contribution in [0, 0.1) is 0 Å². The standard InChI is InChI=1S/C20H18ClF3N2O3S2/c21-15-7-6-13(20(22,23)24)10-17(15)26-18-12-31(27,28)11-16(18)25-19(26)30-9-8-29-14-4-2-1-3-5-14/h1-7,10,16,18H,8-9,11-12H2/t16-,18-/m0/s1. The minimum Gasteiger partial charge on any atom is -0.493 e. The van der Waals surface area contributed by atoms with Crippen LogP contribution in [0.3, 0.4) is 0 Å². The summed E-state index contributed by atoms with van der Waals surface area (Å²) in [5, 5.41) is 0.551. The van der Waals surface area contributed by atoms with E-state index >= 15 is 0 Å². The largest absolute Gasteiger partial charge is 0.493 e. The first-order valence-electron chi connectivity index (χ1n) is 9.39. The molecule has 5 nitrogen and oxygen atoms in total. The molecule has 2 aliphatic rings. The fourth-order valence-electron chi connectivity index (χ4n) is 3.60. The lowest BCUT2D eigenvalue weighted by atomic mass is 10.1. The lowest BCUT2D eigenvalue weighted by molar-refractivity contribution is -0.137. The fourth-order valence-corrected chi connectivity index (χ4v) is 6.58. The maximum absolute atomic E-state index is 13.3. The molecule has 0 unspecified atom stereocenters. The zero-order valence-corrected chi connectivity index (χ0v) is 18.4. The summed E-state index contributed by atoms with van der Waals surface area (Å²) < 4.78 is 69.7. The van der Waals surface area contributed by atoms with E-state index in [9.17, 15) is 21.6 Å². The highest BCUT2D eigenvalue weighted by Gasteiger charge is 2.48. The Morgan fingerprint density at radius 1 is 1.16 bits per heavy atom. The second-order valence-electron chi connectivity index (χ2n) is 7.17. The predicted molar refractivity (Wildman–Crippen MR) is 117 cm³/mol. The molecule has 2 heterocycles. The summed E-state index contributed by atoms with van der Waals surface area (Å²) in [6.07, 6.45) is -4.55. The highest BCUT2D eigenvalue weighted by Crippen LogP contribution is 2.41. The molecule has 0 saturated carbocycles. The van der Waals surface area contributed by atoms with Gasteiger partial charge in [-0.25, -0.2) is 8.42 Å². The molecule has 0 amide bonds. The predicted octanol–water partition coefficient (Wildman–Crippen LogP) is 4.51. The van der Waals surface area contributed by atoms with Crippen molar-refractivity contribution in [3.63, 3.8) is 0 Å². The molecule has 2 aliphatic heterocycles. The number of para-hydroxylation sites is 1. The molecule has 2 aromatic rings. The van der Waals surface area contributed by atoms with Gasteiger partial charge in [0.2, 0.25) is 0 Å². The number of aliphatic imine (C=N–C) groups is 1. The van der Waals surface area contributed by atoms with Gasteiger partial charge in [-0.3, -0.25) is 4.99 Å². The first kappa shape index (κ1) is 22.3. The van der Waals surface area contributed by atoms with Gasteiger partial charge in [0.15, 0.2) is 15.0 Å². The third-order valence-electron chi connectivity index (χ3n) is 4.97. The summed E-state index contributed by atoms with van der Waals surface area (Å²) in [6, 6.07) is 11.1. The number of sulfone groups is 1. The monoisotopic (exact) mass is 490 g/mol. The molecule has 2 atom stereocenters. The van der Waals surface area contributed by atoms with Gasteiger partial charge in [0.1, 0.15) is 5.75 Å². The van der Waals surface area contributed by atoms with Crippen LogP contribution in [0.5, 0.6) is 5.75 Å². The zero-order chi connectivity index (χ0) is 22.2. The maximum atomic E-state index is 13.3. The van der Waals surface area contributed by atoms with E-state index in [1.54, 1.807) is 4.90 Å². The molecule has 1 saturated heterocycles. The first-order chi connectivity index (χ1) is 14.6. The third kappa shape index (κ3) is 4.96. The second kappa shape index (κ2) is 8.55. The minimum absolute atomic E-state index is 0.104. The van der Waals surface area contributed by atoms with Crippen molar-refractivity contribution in [1.29, 1.82) is 0 Å². The molecule has 166 valence electrons. The van der Waals surface area contributed by atoms with E-state index in [1.165, 1.54) is 17.8 Å². The number of hydrogen-bond acceptors (Lipinski definition) is 6. The van der Waals surface area contributed by atoms with Crippen LogP contribution in [0.1, 0.15) is 5.56 Å². The quantitative estimate of drug-likeness (QED) is 0.577. The number of amidine groups is 1. The van der Waals surface area contributed by atoms with Crippen LogP contribution in [-0.4, -0.2) is 49.5 Å². The number of rotatable bonds is 5. The average Bonchev–Trinajstić information content (AvgIpc) is 3.17. The van der Waals surface area contributed by atoms with E-state index in [4.69, 9.17) is 16.3 Å². The van der Waals surface area contributed by atoms with Crippen LogP contribution in [-0.2, 0) is 16.0 Å². The van der Waals surface area contributed by atoms with Crippen LogP contribution in [0.4, 0.5) is 18.9 Å². The molecule has 0 aliphatic carbocycles. The number of nitrogens with zero attached hydrogens (tertiary/aromatic N) is 2. The Bertz CT molecular complexity index is 1090. The van der Waals surface area contributed by atoms with Crippen molar-refractivity contribution >= 4 is 44.1 Å². The smallest absolute Gasteiger partial charge is 0.416 e. The van der Waals surface area contributed by atoms with Crippen LogP contribution in [0.2, 0.25) is 5.02 Å². The molecular weight excluding hydrogens is 473 g/mol. The van der Waals surface area contributed by atoms with Gasteiger partial charge in [-0.1, -0.05) is 41.6 Å². The van der Waals surface area contributed by atoms with E-state index < -0.39 is 33.7 Å². The molecule has 11 heteroatoms. The van der Waals surface area contributed by atoms with E-state index in [0.717, 1.165) is 12.1 Å². The van der Waals surface area contributed by atoms with Gasteiger partial charge in [0.25, 0.3) is 0 Å². The Labute approximate surface area is 187 Å². The molecule has 0 N–H and O–H groups in total. The van der Waals surface area contributed by atoms with Crippen LogP contribution < -0.4 is 9.64 Å². The van der Waals surface area contributed by atoms with Gasteiger partial charge < -0.3 is 9.64 Å². The van der Waals surface area contributed by atoms with Crippen molar-refractivity contribution in [2.75, 3.05) is 28.8 Å². The molecule has 0 aromatic heterocycles. The number of halogens is 4. The number of benzene rings is 2. The molecule has 1 fully saturated rings. The number of ether oxygens (including phenoxy) is 1. The van der Waals surface area contributed by atoms with Gasteiger partial charge in [0, 0.05) is 5.75 Å². The fraction of sp³-hybridized carbons (Fsp3) is 0.350. The first-order valence-corrected chi connectivity index (χ1v) is 12.6. The number of fused-ring (bicyclic) bond motifs is 1. The van der Waals surface area contributed by atoms with Gasteiger partial charge >= 0.3 is 6.18 Å². The van der Waals surface area contributed by atoms with Crippen LogP contribution in [0.25, 0.3) is 0 Å². The van der Waals surface area contributed by atoms with E-state index in [2.05, 4.69) is 4.99 Å². The maximum Gasteiger partial charge on any atom is 0.416 e. The Morgan fingerprint density at radius 2 is 1.90 bits per heavy atom. The zero-order valence-electron chi connectivity index (χ0n) is 16.0. The van der Waals surface area contributed by atoms with Gasteiger partial charge in [-0.15, -0.1) is 0 Å². The highest BCUT2D eigenvalue weighted by atomic mass is 35.5. The normalized spacial score (nSPS) is 22.3. The molecule has 31 heavy (non-hydrogen) atoms. The summed E-state index contributed by atoms with van der Waals surface area (Å²) in [4.78, 5) is 6.05. The molecule has 0 bridgehead atoms. The Balaban J connectivity index is 1.57. The number of hydrogen-bond donors (Lipinski definition) is 0. The van der Waals surface area contributed by atoms with Crippen molar-refractivity contribution in [2.24, 2.45) is 4.99 Å². The SMILES string of the molecule is O=S1(=O)C[C@@H]2N=C(SCCOc3ccccc3)N(c3cc(C(F)(F)F)ccc3Cl)[C@H]2C1. The van der Waals surface area contributed by atoms with Crippen molar-refractivity contribution in [3.05, 3.63) is 59.1 Å². The molecular formula is C20H18ClF3N2O3S2. The van der Waals surface area contributed by atoms with E-state index in [0.29, 0.717) is 23.3 Å². The van der Waals surface area contributed by atoms with Crippen molar-refractivity contribution in [2.45, 2.75) is 18.3 Å². The van der Waals surface area contributed by atoms with Crippen LogP contribution in [0.15, 0.2) is 53.5 Å². The van der Waals surface area contributed by atoms with Crippen molar-refractivity contribution in [3.8, 4) is 5.75 Å². The van der Waals surface area contributed by atoms with Gasteiger partial charge in [0.05, 0.1) is 46.5 Å². The number of alkyl halides is 3. The Kier molecular flexibility index (Phi) is 6.15. The molecule has 0 radical (unpaired) electrons. The summed E-state index contributed by atoms with van der Waals surface area (Å²) in [6.45, 7) is 0.353. The van der Waals surface area contributed by atoms with Crippen molar-refractivity contribution < 1.29 is 26.3 Å². The van der Waals surface area contributed by atoms with Gasteiger partial charge in [-0.05, 0) is 30.3 Å². The topological polar surface area (TPSA) is 59.0 Å². The van der Waals surface area contributed by atoms with E-state index in [1.807, 2.05) is 30.3 Å².